The van der Waals surface area contributed by atoms with Crippen LogP contribution in [0, 0.1) is 0 Å². The lowest BCUT2D eigenvalue weighted by atomic mass is 9.97. The molecule has 5 aromatic carbocycles. The first-order valence-electron chi connectivity index (χ1n) is 13.6. The van der Waals surface area contributed by atoms with Gasteiger partial charge in [0, 0.05) is 42.9 Å². The Balaban J connectivity index is 1.32. The van der Waals surface area contributed by atoms with Crippen LogP contribution in [0.15, 0.2) is 144 Å². The van der Waals surface area contributed by atoms with Crippen LogP contribution in [0.2, 0.25) is 0 Å². The molecule has 8 rings (SSSR count). The number of aromatic nitrogens is 1. The summed E-state index contributed by atoms with van der Waals surface area (Å²) in [5, 5.41) is 7.19. The van der Waals surface area contributed by atoms with Gasteiger partial charge in [0.2, 0.25) is 0 Å². The minimum Gasteiger partial charge on any atom is -0.324 e. The highest BCUT2D eigenvalue weighted by atomic mass is 32.1. The van der Waals surface area contributed by atoms with Gasteiger partial charge in [-0.05, 0) is 47.0 Å². The average Bonchev–Trinajstić information content (AvgIpc) is 3.43. The van der Waals surface area contributed by atoms with Crippen LogP contribution < -0.4 is 5.32 Å². The van der Waals surface area contributed by atoms with Gasteiger partial charge in [-0.25, -0.2) is 9.98 Å². The maximum Gasteiger partial charge on any atom is 0.169 e. The summed E-state index contributed by atoms with van der Waals surface area (Å²) in [6.07, 6.45) is 1.52. The van der Waals surface area contributed by atoms with Gasteiger partial charge in [0.1, 0.15) is 11.7 Å². The van der Waals surface area contributed by atoms with Crippen molar-refractivity contribution in [2.75, 3.05) is 0 Å². The fourth-order valence-corrected chi connectivity index (χ4v) is 6.76. The van der Waals surface area contributed by atoms with Gasteiger partial charge in [-0.15, -0.1) is 11.3 Å². The molecule has 1 atom stereocenters. The quantitative estimate of drug-likeness (QED) is 0.241. The Morgan fingerprint density at radius 2 is 1.34 bits per heavy atom. The van der Waals surface area contributed by atoms with E-state index in [0.717, 1.165) is 39.3 Å². The summed E-state index contributed by atoms with van der Waals surface area (Å²) in [4.78, 5) is 14.8. The number of benzene rings is 5. The SMILES string of the molecule is c1ccc(C2=NC(c3ccccc3)N=C(c3cccc4sc5ccc(-c6cccc7ncccc67)cc5c34)N2)cc1. The Morgan fingerprint density at radius 1 is 0.561 bits per heavy atom. The van der Waals surface area contributed by atoms with Gasteiger partial charge in [-0.2, -0.15) is 0 Å². The Kier molecular flexibility index (Phi) is 5.68. The molecule has 5 heteroatoms. The van der Waals surface area contributed by atoms with E-state index in [1.54, 1.807) is 0 Å². The molecule has 0 bridgehead atoms. The predicted molar refractivity (Wildman–Crippen MR) is 172 cm³/mol. The number of nitrogens with one attached hydrogen (secondary N) is 1. The number of aliphatic imine (C=N–C) groups is 2. The molecule has 0 spiro atoms. The van der Waals surface area contributed by atoms with Crippen molar-refractivity contribution < 1.29 is 0 Å². The molecule has 1 unspecified atom stereocenters. The van der Waals surface area contributed by atoms with Gasteiger partial charge < -0.3 is 5.32 Å². The zero-order valence-electron chi connectivity index (χ0n) is 22.0. The fourth-order valence-electron chi connectivity index (χ4n) is 5.65. The van der Waals surface area contributed by atoms with Gasteiger partial charge in [-0.1, -0.05) is 97.1 Å². The number of fused-ring (bicyclic) bond motifs is 4. The number of pyridine rings is 1. The van der Waals surface area contributed by atoms with Gasteiger partial charge in [0.15, 0.2) is 6.17 Å². The Bertz CT molecular complexity index is 2120. The molecule has 4 nitrogen and oxygen atoms in total. The molecule has 3 heterocycles. The van der Waals surface area contributed by atoms with E-state index in [1.165, 1.54) is 31.3 Å². The lowest BCUT2D eigenvalue weighted by Crippen LogP contribution is -2.36. The van der Waals surface area contributed by atoms with Crippen LogP contribution in [0.25, 0.3) is 42.2 Å². The first-order chi connectivity index (χ1) is 20.3. The van der Waals surface area contributed by atoms with Crippen molar-refractivity contribution in [1.82, 2.24) is 10.3 Å². The molecule has 0 fully saturated rings. The van der Waals surface area contributed by atoms with Gasteiger partial charge >= 0.3 is 0 Å². The number of hydrogen-bond acceptors (Lipinski definition) is 5. The Labute approximate surface area is 241 Å². The normalized spacial score (nSPS) is 15.1. The van der Waals surface area contributed by atoms with E-state index in [-0.39, 0.29) is 6.17 Å². The topological polar surface area (TPSA) is 49.6 Å². The molecule has 1 aliphatic rings. The summed E-state index contributed by atoms with van der Waals surface area (Å²) in [6.45, 7) is 0. The largest absolute Gasteiger partial charge is 0.324 e. The lowest BCUT2D eigenvalue weighted by Gasteiger charge is -2.23. The van der Waals surface area contributed by atoms with E-state index in [0.29, 0.717) is 0 Å². The standard InChI is InChI=1S/C36H24N4S/c1-3-10-23(11-4-1)34-38-35(24-12-5-2-6-13-24)40-36(39-34)28-15-8-18-32-33(28)29-22-25(19-20-31(29)41-32)26-14-7-17-30-27(26)16-9-21-37-30/h1-22,34H,(H,38,39,40). The molecule has 7 aromatic rings. The lowest BCUT2D eigenvalue weighted by molar-refractivity contribution is 0.756. The van der Waals surface area contributed by atoms with E-state index in [2.05, 4.69) is 95.2 Å². The van der Waals surface area contributed by atoms with Crippen molar-refractivity contribution in [3.8, 4) is 11.1 Å². The van der Waals surface area contributed by atoms with Crippen molar-refractivity contribution in [2.45, 2.75) is 6.17 Å². The maximum atomic E-state index is 5.17. The summed E-state index contributed by atoms with van der Waals surface area (Å²) >= 11 is 1.82. The van der Waals surface area contributed by atoms with Crippen LogP contribution in [0.5, 0.6) is 0 Å². The second-order valence-corrected chi connectivity index (χ2v) is 11.2. The molecule has 0 amide bonds. The second-order valence-electron chi connectivity index (χ2n) is 10.1. The Hall–Kier alpha value is -5.13. The molecule has 194 valence electrons. The van der Waals surface area contributed by atoms with Crippen molar-refractivity contribution in [3.63, 3.8) is 0 Å². The van der Waals surface area contributed by atoms with E-state index in [9.17, 15) is 0 Å². The third kappa shape index (κ3) is 4.19. The maximum absolute atomic E-state index is 5.17. The van der Waals surface area contributed by atoms with Crippen molar-refractivity contribution in [2.24, 2.45) is 9.98 Å². The third-order valence-corrected chi connectivity index (χ3v) is 8.73. The summed E-state index contributed by atoms with van der Waals surface area (Å²) in [5.74, 6) is 1.66. The summed E-state index contributed by atoms with van der Waals surface area (Å²) < 4.78 is 2.49. The molecule has 2 aromatic heterocycles. The molecule has 1 N–H and O–H groups in total. The van der Waals surface area contributed by atoms with Crippen molar-refractivity contribution in [3.05, 3.63) is 150 Å². The van der Waals surface area contributed by atoms with Gasteiger partial charge in [-0.3, -0.25) is 4.98 Å². The second kappa shape index (κ2) is 9.81. The summed E-state index contributed by atoms with van der Waals surface area (Å²) in [7, 11) is 0. The van der Waals surface area contributed by atoms with Crippen LogP contribution in [0.4, 0.5) is 0 Å². The average molecular weight is 545 g/mol. The van der Waals surface area contributed by atoms with Crippen LogP contribution in [-0.4, -0.2) is 16.7 Å². The summed E-state index contributed by atoms with van der Waals surface area (Å²) in [6, 6.07) is 44.4. The first-order valence-corrected chi connectivity index (χ1v) is 14.5. The van der Waals surface area contributed by atoms with E-state index in [4.69, 9.17) is 9.98 Å². The molecular weight excluding hydrogens is 520 g/mol. The number of amidine groups is 2. The van der Waals surface area contributed by atoms with Crippen LogP contribution in [0.3, 0.4) is 0 Å². The number of hydrogen-bond donors (Lipinski definition) is 1. The highest BCUT2D eigenvalue weighted by Crippen LogP contribution is 2.40. The first kappa shape index (κ1) is 23.7. The molecule has 0 saturated heterocycles. The predicted octanol–water partition coefficient (Wildman–Crippen LogP) is 8.77. The minimum atomic E-state index is -0.332. The van der Waals surface area contributed by atoms with E-state index >= 15 is 0 Å². The van der Waals surface area contributed by atoms with Crippen LogP contribution in [0.1, 0.15) is 22.9 Å². The molecule has 41 heavy (non-hydrogen) atoms. The van der Waals surface area contributed by atoms with Crippen LogP contribution >= 0.6 is 11.3 Å². The van der Waals surface area contributed by atoms with Crippen molar-refractivity contribution in [1.29, 1.82) is 0 Å². The fraction of sp³-hybridized carbons (Fsp3) is 0.0278. The van der Waals surface area contributed by atoms with E-state index < -0.39 is 0 Å². The van der Waals surface area contributed by atoms with Crippen molar-refractivity contribution >= 4 is 54.1 Å². The van der Waals surface area contributed by atoms with Gasteiger partial charge in [0.25, 0.3) is 0 Å². The monoisotopic (exact) mass is 544 g/mol. The molecule has 1 aliphatic heterocycles. The third-order valence-electron chi connectivity index (χ3n) is 7.59. The highest BCUT2D eigenvalue weighted by molar-refractivity contribution is 7.25. The van der Waals surface area contributed by atoms with E-state index in [1.807, 2.05) is 60.0 Å². The number of thiophene rings is 1. The molecule has 0 saturated carbocycles. The zero-order valence-corrected chi connectivity index (χ0v) is 22.8. The highest BCUT2D eigenvalue weighted by Gasteiger charge is 2.23. The minimum absolute atomic E-state index is 0.332. The Morgan fingerprint density at radius 3 is 2.22 bits per heavy atom. The molecular formula is C36H24N4S. The molecule has 0 radical (unpaired) electrons. The molecule has 0 aliphatic carbocycles. The van der Waals surface area contributed by atoms with Crippen LogP contribution in [-0.2, 0) is 0 Å². The number of nitrogens with zero attached hydrogens (tertiary/aromatic N) is 3. The summed E-state index contributed by atoms with van der Waals surface area (Å²) in [5.41, 5.74) is 6.54. The number of rotatable bonds is 4. The smallest absolute Gasteiger partial charge is 0.169 e. The van der Waals surface area contributed by atoms with Gasteiger partial charge in [0.05, 0.1) is 5.52 Å². The zero-order chi connectivity index (χ0) is 27.2.